The molecule has 0 amide bonds. The number of rotatable bonds is 8. The molecular formula is C8H15Cl2NNaO4+. The second-order valence-electron chi connectivity index (χ2n) is 3.20. The van der Waals surface area contributed by atoms with Gasteiger partial charge in [-0.3, -0.25) is 9.69 Å². The van der Waals surface area contributed by atoms with Gasteiger partial charge in [-0.2, -0.15) is 0 Å². The molecule has 2 atom stereocenters. The molecule has 0 fully saturated rings. The van der Waals surface area contributed by atoms with Crippen LogP contribution in [0.4, 0.5) is 0 Å². The van der Waals surface area contributed by atoms with Crippen LogP contribution in [0.15, 0.2) is 0 Å². The van der Waals surface area contributed by atoms with Crippen LogP contribution < -0.4 is 29.6 Å². The number of hydrogen-bond donors (Lipinski definition) is 3. The standard InChI is InChI=1S/C8H15Cl2NO4.Na/c9-1-6(12)3-11(5-8(14)15)4-7(13)2-10;/h6-7,12-13H,1-5H2,(H,14,15);/q;+1. The molecule has 0 saturated heterocycles. The number of carboxylic acid groups (broad SMARTS) is 1. The molecule has 3 N–H and O–H groups in total. The van der Waals surface area contributed by atoms with Crippen LogP contribution in [0.5, 0.6) is 0 Å². The summed E-state index contributed by atoms with van der Waals surface area (Å²) < 4.78 is 0. The van der Waals surface area contributed by atoms with E-state index in [4.69, 9.17) is 28.3 Å². The smallest absolute Gasteiger partial charge is 0.480 e. The van der Waals surface area contributed by atoms with Gasteiger partial charge in [-0.1, -0.05) is 0 Å². The molecule has 8 heteroatoms. The topological polar surface area (TPSA) is 81.0 Å². The van der Waals surface area contributed by atoms with E-state index in [-0.39, 0.29) is 61.0 Å². The normalized spacial score (nSPS) is 14.3. The van der Waals surface area contributed by atoms with Crippen molar-refractivity contribution >= 4 is 29.2 Å². The molecule has 0 aliphatic rings. The van der Waals surface area contributed by atoms with Gasteiger partial charge in [0.25, 0.3) is 0 Å². The summed E-state index contributed by atoms with van der Waals surface area (Å²) in [6.07, 6.45) is -1.62. The zero-order valence-corrected chi connectivity index (χ0v) is 12.7. The molecule has 0 aromatic rings. The fraction of sp³-hybridized carbons (Fsp3) is 0.875. The average Bonchev–Trinajstić information content (AvgIpc) is 2.16. The number of aliphatic carboxylic acids is 1. The van der Waals surface area contributed by atoms with Crippen LogP contribution >= 0.6 is 23.2 Å². The van der Waals surface area contributed by atoms with Crippen molar-refractivity contribution in [3.8, 4) is 0 Å². The summed E-state index contributed by atoms with van der Waals surface area (Å²) in [6.45, 7) is -0.0601. The maximum absolute atomic E-state index is 10.5. The number of aliphatic hydroxyl groups excluding tert-OH is 2. The fourth-order valence-electron chi connectivity index (χ4n) is 1.09. The van der Waals surface area contributed by atoms with E-state index in [0.717, 1.165) is 0 Å². The van der Waals surface area contributed by atoms with Gasteiger partial charge in [-0.05, 0) is 0 Å². The Kier molecular flexibility index (Phi) is 13.3. The Morgan fingerprint density at radius 1 is 1.12 bits per heavy atom. The largest absolute Gasteiger partial charge is 1.00 e. The van der Waals surface area contributed by atoms with Gasteiger partial charge in [0.15, 0.2) is 0 Å². The van der Waals surface area contributed by atoms with Crippen molar-refractivity contribution in [1.82, 2.24) is 4.90 Å². The van der Waals surface area contributed by atoms with E-state index >= 15 is 0 Å². The first kappa shape index (κ1) is 19.3. The van der Waals surface area contributed by atoms with E-state index in [1.165, 1.54) is 4.90 Å². The number of carbonyl (C=O) groups is 1. The van der Waals surface area contributed by atoms with Crippen LogP contribution in [0.2, 0.25) is 0 Å². The monoisotopic (exact) mass is 282 g/mol. The maximum Gasteiger partial charge on any atom is 1.00 e. The van der Waals surface area contributed by atoms with Crippen molar-refractivity contribution in [3.63, 3.8) is 0 Å². The van der Waals surface area contributed by atoms with E-state index in [1.54, 1.807) is 0 Å². The predicted molar refractivity (Wildman–Crippen MR) is 57.5 cm³/mol. The van der Waals surface area contributed by atoms with E-state index in [2.05, 4.69) is 0 Å². The third-order valence-corrected chi connectivity index (χ3v) is 2.37. The second kappa shape index (κ2) is 11.0. The van der Waals surface area contributed by atoms with Gasteiger partial charge in [-0.25, -0.2) is 0 Å². The second-order valence-corrected chi connectivity index (χ2v) is 3.82. The van der Waals surface area contributed by atoms with Gasteiger partial charge in [-0.15, -0.1) is 23.2 Å². The van der Waals surface area contributed by atoms with E-state index < -0.39 is 18.2 Å². The molecule has 0 radical (unpaired) electrons. The summed E-state index contributed by atoms with van der Waals surface area (Å²) in [4.78, 5) is 11.9. The quantitative estimate of drug-likeness (QED) is 0.319. The van der Waals surface area contributed by atoms with Gasteiger partial charge in [0.2, 0.25) is 0 Å². The third kappa shape index (κ3) is 10.1. The van der Waals surface area contributed by atoms with Crippen LogP contribution in [0.3, 0.4) is 0 Å². The molecule has 0 bridgehead atoms. The SMILES string of the molecule is O=C(O)CN(CC(O)CCl)CC(O)CCl.[Na+]. The molecule has 0 saturated carbocycles. The summed E-state index contributed by atoms with van der Waals surface area (Å²) in [5, 5.41) is 27.1. The minimum Gasteiger partial charge on any atom is -0.480 e. The maximum atomic E-state index is 10.5. The Balaban J connectivity index is 0. The molecule has 0 spiro atoms. The molecule has 0 heterocycles. The number of carboxylic acids is 1. The van der Waals surface area contributed by atoms with E-state index in [0.29, 0.717) is 0 Å². The molecule has 0 aliphatic heterocycles. The average molecular weight is 283 g/mol. The van der Waals surface area contributed by atoms with Crippen LogP contribution in [-0.4, -0.2) is 69.8 Å². The van der Waals surface area contributed by atoms with Crippen molar-refractivity contribution in [2.45, 2.75) is 12.2 Å². The fourth-order valence-corrected chi connectivity index (χ4v) is 1.28. The van der Waals surface area contributed by atoms with Crippen LogP contribution in [0.1, 0.15) is 0 Å². The van der Waals surface area contributed by atoms with Crippen LogP contribution in [0, 0.1) is 0 Å². The third-order valence-electron chi connectivity index (χ3n) is 1.65. The Hall–Kier alpha value is 0.930. The molecular weight excluding hydrogens is 268 g/mol. The van der Waals surface area contributed by atoms with E-state index in [1.807, 2.05) is 0 Å². The first-order chi connectivity index (χ1) is 6.99. The Labute approximate surface area is 127 Å². The summed E-state index contributed by atoms with van der Waals surface area (Å²) in [5.41, 5.74) is 0. The number of halogens is 2. The number of hydrogen-bond acceptors (Lipinski definition) is 4. The molecule has 16 heavy (non-hydrogen) atoms. The van der Waals surface area contributed by atoms with Crippen molar-refractivity contribution in [1.29, 1.82) is 0 Å². The van der Waals surface area contributed by atoms with Crippen molar-refractivity contribution < 1.29 is 49.7 Å². The summed E-state index contributed by atoms with van der Waals surface area (Å²) in [7, 11) is 0. The van der Waals surface area contributed by atoms with Gasteiger partial charge < -0.3 is 15.3 Å². The minimum atomic E-state index is -1.03. The first-order valence-corrected chi connectivity index (χ1v) is 5.48. The molecule has 90 valence electrons. The predicted octanol–water partition coefficient (Wildman–Crippen LogP) is -3.42. The number of alkyl halides is 2. The van der Waals surface area contributed by atoms with Crippen molar-refractivity contribution in [2.24, 2.45) is 0 Å². The molecule has 5 nitrogen and oxygen atoms in total. The van der Waals surface area contributed by atoms with Gasteiger partial charge in [0.05, 0.1) is 18.8 Å². The Bertz CT molecular complexity index is 187. The van der Waals surface area contributed by atoms with Crippen LogP contribution in [-0.2, 0) is 4.79 Å². The minimum absolute atomic E-state index is 0. The van der Waals surface area contributed by atoms with Crippen molar-refractivity contribution in [3.05, 3.63) is 0 Å². The van der Waals surface area contributed by atoms with E-state index in [9.17, 15) is 15.0 Å². The summed E-state index contributed by atoms with van der Waals surface area (Å²) in [5.74, 6) is -0.987. The Morgan fingerprint density at radius 3 is 1.75 bits per heavy atom. The van der Waals surface area contributed by atoms with Gasteiger partial charge >= 0.3 is 35.5 Å². The molecule has 0 aliphatic carbocycles. The number of aliphatic hydroxyl groups is 2. The summed E-state index contributed by atoms with van der Waals surface area (Å²) >= 11 is 10.8. The van der Waals surface area contributed by atoms with Gasteiger partial charge in [0.1, 0.15) is 0 Å². The molecule has 0 rings (SSSR count). The molecule has 0 aromatic carbocycles. The zero-order chi connectivity index (χ0) is 11.8. The number of nitrogens with zero attached hydrogens (tertiary/aromatic N) is 1. The van der Waals surface area contributed by atoms with Crippen LogP contribution in [0.25, 0.3) is 0 Å². The zero-order valence-electron chi connectivity index (χ0n) is 9.14. The summed E-state index contributed by atoms with van der Waals surface area (Å²) in [6, 6.07) is 0. The van der Waals surface area contributed by atoms with Crippen molar-refractivity contribution in [2.75, 3.05) is 31.4 Å². The van der Waals surface area contributed by atoms with Gasteiger partial charge in [0, 0.05) is 24.8 Å². The molecule has 2 unspecified atom stereocenters. The Morgan fingerprint density at radius 2 is 1.50 bits per heavy atom. The first-order valence-electron chi connectivity index (χ1n) is 4.41. The molecule has 0 aromatic heterocycles.